The van der Waals surface area contributed by atoms with Gasteiger partial charge in [-0.25, -0.2) is 14.5 Å². The van der Waals surface area contributed by atoms with Crippen LogP contribution in [-0.2, 0) is 24.2 Å². The molecule has 1 amide bonds. The zero-order valence-corrected chi connectivity index (χ0v) is 15.4. The number of rotatable bonds is 7. The fourth-order valence-electron chi connectivity index (χ4n) is 3.21. The Morgan fingerprint density at radius 1 is 1.07 bits per heavy atom. The maximum Gasteiger partial charge on any atom is 0.410 e. The predicted molar refractivity (Wildman–Crippen MR) is 102 cm³/mol. The van der Waals surface area contributed by atoms with Gasteiger partial charge in [-0.2, -0.15) is 5.10 Å². The lowest BCUT2D eigenvalue weighted by atomic mass is 10.1. The van der Waals surface area contributed by atoms with Crippen molar-refractivity contribution in [3.63, 3.8) is 0 Å². The molecule has 7 heteroatoms. The van der Waals surface area contributed by atoms with Crippen LogP contribution in [-0.4, -0.2) is 44.0 Å². The van der Waals surface area contributed by atoms with Crippen LogP contribution in [0.5, 0.6) is 0 Å². The van der Waals surface area contributed by atoms with Gasteiger partial charge >= 0.3 is 6.09 Å². The number of aliphatic hydroxyl groups is 1. The number of hydrogen-bond donors (Lipinski definition) is 1. The summed E-state index contributed by atoms with van der Waals surface area (Å²) in [4.78, 5) is 18.0. The lowest BCUT2D eigenvalue weighted by Crippen LogP contribution is -2.26. The third kappa shape index (κ3) is 4.04. The van der Waals surface area contributed by atoms with E-state index in [0.29, 0.717) is 37.9 Å². The number of carbonyl (C=O) groups is 1. The summed E-state index contributed by atoms with van der Waals surface area (Å²) in [6, 6.07) is 19.4. The molecule has 1 saturated heterocycles. The maximum absolute atomic E-state index is 11.8. The first-order chi connectivity index (χ1) is 13.7. The minimum atomic E-state index is -0.913. The lowest BCUT2D eigenvalue weighted by Gasteiger charge is -2.12. The van der Waals surface area contributed by atoms with Crippen molar-refractivity contribution in [3.8, 4) is 0 Å². The van der Waals surface area contributed by atoms with Crippen LogP contribution >= 0.6 is 0 Å². The molecule has 0 bridgehead atoms. The Balaban J connectivity index is 1.58. The zero-order valence-electron chi connectivity index (χ0n) is 15.4. The standard InChI is InChI=1S/C21H22N4O3/c26-19(17-9-5-2-6-10-17)20-22-18(15-24-13-14-28-21(24)27)25(23-20)12-11-16-7-3-1-4-8-16/h1-10,19,26H,11-15H2/t19-/m1/s1. The maximum atomic E-state index is 11.8. The molecule has 0 radical (unpaired) electrons. The molecule has 4 rings (SSSR count). The minimum absolute atomic E-state index is 0.308. The molecule has 3 aromatic rings. The van der Waals surface area contributed by atoms with Crippen LogP contribution in [0.25, 0.3) is 0 Å². The summed E-state index contributed by atoms with van der Waals surface area (Å²) in [7, 11) is 0. The number of amides is 1. The Hall–Kier alpha value is -3.19. The van der Waals surface area contributed by atoms with Crippen molar-refractivity contribution in [2.75, 3.05) is 13.2 Å². The van der Waals surface area contributed by atoms with Gasteiger partial charge in [0.15, 0.2) is 5.82 Å². The lowest BCUT2D eigenvalue weighted by molar-refractivity contribution is 0.156. The van der Waals surface area contributed by atoms with E-state index in [-0.39, 0.29) is 6.09 Å². The quantitative estimate of drug-likeness (QED) is 0.683. The summed E-state index contributed by atoms with van der Waals surface area (Å²) in [6.45, 7) is 1.83. The number of aliphatic hydroxyl groups excluding tert-OH is 1. The highest BCUT2D eigenvalue weighted by molar-refractivity contribution is 5.69. The van der Waals surface area contributed by atoms with Crippen molar-refractivity contribution in [1.29, 1.82) is 0 Å². The molecule has 1 N–H and O–H groups in total. The van der Waals surface area contributed by atoms with Gasteiger partial charge in [0.2, 0.25) is 0 Å². The van der Waals surface area contributed by atoms with Crippen LogP contribution in [0, 0.1) is 0 Å². The summed E-state index contributed by atoms with van der Waals surface area (Å²) in [5, 5.41) is 15.2. The average molecular weight is 378 g/mol. The van der Waals surface area contributed by atoms with Gasteiger partial charge in [-0.1, -0.05) is 60.7 Å². The monoisotopic (exact) mass is 378 g/mol. The molecule has 0 saturated carbocycles. The second-order valence-corrected chi connectivity index (χ2v) is 6.69. The highest BCUT2D eigenvalue weighted by Gasteiger charge is 2.26. The molecule has 0 spiro atoms. The van der Waals surface area contributed by atoms with Gasteiger partial charge in [-0.05, 0) is 17.5 Å². The van der Waals surface area contributed by atoms with Gasteiger partial charge in [-0.3, -0.25) is 4.90 Å². The molecule has 28 heavy (non-hydrogen) atoms. The predicted octanol–water partition coefficient (Wildman–Crippen LogP) is 2.55. The van der Waals surface area contributed by atoms with Crippen LogP contribution in [0.2, 0.25) is 0 Å². The topological polar surface area (TPSA) is 80.5 Å². The Kier molecular flexibility index (Phi) is 5.34. The van der Waals surface area contributed by atoms with Crippen molar-refractivity contribution in [3.05, 3.63) is 83.4 Å². The minimum Gasteiger partial charge on any atom is -0.448 e. The molecule has 1 aliphatic rings. The van der Waals surface area contributed by atoms with Gasteiger partial charge in [0.1, 0.15) is 18.5 Å². The molecular weight excluding hydrogens is 356 g/mol. The molecule has 1 fully saturated rings. The average Bonchev–Trinajstić information content (AvgIpc) is 3.34. The summed E-state index contributed by atoms with van der Waals surface area (Å²) in [6.07, 6.45) is -0.478. The number of nitrogens with zero attached hydrogens (tertiary/aromatic N) is 4. The third-order valence-corrected chi connectivity index (χ3v) is 4.76. The SMILES string of the molecule is O=C1OCCN1Cc1nc([C@H](O)c2ccccc2)nn1CCc1ccccc1. The Morgan fingerprint density at radius 3 is 2.46 bits per heavy atom. The van der Waals surface area contributed by atoms with E-state index < -0.39 is 6.10 Å². The third-order valence-electron chi connectivity index (χ3n) is 4.76. The van der Waals surface area contributed by atoms with Gasteiger partial charge in [0.25, 0.3) is 0 Å². The smallest absolute Gasteiger partial charge is 0.410 e. The second kappa shape index (κ2) is 8.22. The molecule has 1 atom stereocenters. The number of cyclic esters (lactones) is 1. The summed E-state index contributed by atoms with van der Waals surface area (Å²) in [5.41, 5.74) is 1.92. The summed E-state index contributed by atoms with van der Waals surface area (Å²) in [5.74, 6) is 0.974. The summed E-state index contributed by atoms with van der Waals surface area (Å²) < 4.78 is 6.79. The van der Waals surface area contributed by atoms with Crippen molar-refractivity contribution in [2.24, 2.45) is 0 Å². The fourth-order valence-corrected chi connectivity index (χ4v) is 3.21. The number of aromatic nitrogens is 3. The molecule has 2 aromatic carbocycles. The molecule has 2 heterocycles. The second-order valence-electron chi connectivity index (χ2n) is 6.69. The van der Waals surface area contributed by atoms with Crippen LogP contribution in [0.3, 0.4) is 0 Å². The first kappa shape index (κ1) is 18.2. The number of benzene rings is 2. The summed E-state index contributed by atoms with van der Waals surface area (Å²) >= 11 is 0. The molecule has 0 aliphatic carbocycles. The van der Waals surface area contributed by atoms with Gasteiger partial charge in [-0.15, -0.1) is 0 Å². The number of hydrogen-bond acceptors (Lipinski definition) is 5. The van der Waals surface area contributed by atoms with E-state index in [0.717, 1.165) is 12.0 Å². The van der Waals surface area contributed by atoms with Crippen molar-refractivity contribution in [2.45, 2.75) is 25.6 Å². The highest BCUT2D eigenvalue weighted by atomic mass is 16.6. The molecule has 1 aliphatic heterocycles. The number of ether oxygens (including phenoxy) is 1. The molecule has 7 nitrogen and oxygen atoms in total. The van der Waals surface area contributed by atoms with E-state index in [9.17, 15) is 9.90 Å². The van der Waals surface area contributed by atoms with Gasteiger partial charge < -0.3 is 9.84 Å². The van der Waals surface area contributed by atoms with E-state index >= 15 is 0 Å². The van der Waals surface area contributed by atoms with Crippen LogP contribution < -0.4 is 0 Å². The van der Waals surface area contributed by atoms with Crippen molar-refractivity contribution >= 4 is 6.09 Å². The normalized spacial score (nSPS) is 14.9. The molecule has 144 valence electrons. The molecule has 0 unspecified atom stereocenters. The van der Waals surface area contributed by atoms with E-state index in [1.54, 1.807) is 9.58 Å². The van der Waals surface area contributed by atoms with Gasteiger partial charge in [0.05, 0.1) is 13.1 Å². The Morgan fingerprint density at radius 2 is 1.79 bits per heavy atom. The van der Waals surface area contributed by atoms with Crippen LogP contribution in [0.15, 0.2) is 60.7 Å². The first-order valence-electron chi connectivity index (χ1n) is 9.33. The number of aryl methyl sites for hydroxylation is 2. The Bertz CT molecular complexity index is 927. The first-order valence-corrected chi connectivity index (χ1v) is 9.33. The van der Waals surface area contributed by atoms with Crippen LogP contribution in [0.4, 0.5) is 4.79 Å². The van der Waals surface area contributed by atoms with Crippen LogP contribution in [0.1, 0.15) is 28.9 Å². The van der Waals surface area contributed by atoms with Crippen molar-refractivity contribution in [1.82, 2.24) is 19.7 Å². The van der Waals surface area contributed by atoms with E-state index in [1.807, 2.05) is 48.5 Å². The molecular formula is C21H22N4O3. The van der Waals surface area contributed by atoms with E-state index in [1.165, 1.54) is 5.56 Å². The highest BCUT2D eigenvalue weighted by Crippen LogP contribution is 2.20. The zero-order chi connectivity index (χ0) is 19.3. The van der Waals surface area contributed by atoms with E-state index in [4.69, 9.17) is 4.74 Å². The molecule has 1 aromatic heterocycles. The largest absolute Gasteiger partial charge is 0.448 e. The number of carbonyl (C=O) groups excluding carboxylic acids is 1. The van der Waals surface area contributed by atoms with Gasteiger partial charge in [0, 0.05) is 6.54 Å². The Labute approximate surface area is 163 Å². The van der Waals surface area contributed by atoms with E-state index in [2.05, 4.69) is 22.2 Å². The van der Waals surface area contributed by atoms with Crippen molar-refractivity contribution < 1.29 is 14.6 Å². The fraction of sp³-hybridized carbons (Fsp3) is 0.286.